The van der Waals surface area contributed by atoms with Crippen LogP contribution in [0.15, 0.2) is 30.3 Å². The lowest BCUT2D eigenvalue weighted by atomic mass is 9.83. The highest BCUT2D eigenvalue weighted by Gasteiger charge is 2.40. The van der Waals surface area contributed by atoms with Crippen LogP contribution in [0.25, 0.3) is 0 Å². The van der Waals surface area contributed by atoms with Crippen molar-refractivity contribution in [3.63, 3.8) is 0 Å². The van der Waals surface area contributed by atoms with Gasteiger partial charge in [-0.25, -0.2) is 13.1 Å². The molecule has 2 aliphatic heterocycles. The van der Waals surface area contributed by atoms with Gasteiger partial charge in [-0.15, -0.1) is 0 Å². The number of amides is 1. The minimum absolute atomic E-state index is 0.0626. The Hall–Kier alpha value is -1.48. The van der Waals surface area contributed by atoms with Crippen LogP contribution in [0.4, 0.5) is 0 Å². The number of sulfonamides is 1. The Bertz CT molecular complexity index is 835. The number of carbonyl (C=O) groups excluding carboxylic acids is 1. The summed E-state index contributed by atoms with van der Waals surface area (Å²) in [6, 6.07) is 10.0. The lowest BCUT2D eigenvalue weighted by Gasteiger charge is -2.44. The van der Waals surface area contributed by atoms with Gasteiger partial charge >= 0.3 is 0 Å². The maximum absolute atomic E-state index is 13.0. The second-order valence-electron chi connectivity index (χ2n) is 9.19. The SMILES string of the molecule is CS(=O)(=O)N[C@H]1CCCN(C(=O)C2COC2)[C@H]1COC1CCC(c2ccccc2)CC1. The topological polar surface area (TPSA) is 84.9 Å². The first-order valence-corrected chi connectivity index (χ1v) is 13.3. The first kappa shape index (κ1) is 22.7. The number of hydrogen-bond acceptors (Lipinski definition) is 5. The third-order valence-electron chi connectivity index (χ3n) is 6.86. The Labute approximate surface area is 185 Å². The molecule has 4 rings (SSSR count). The lowest BCUT2D eigenvalue weighted by molar-refractivity contribution is -0.156. The largest absolute Gasteiger partial charge is 0.380 e. The zero-order chi connectivity index (χ0) is 21.8. The fraction of sp³-hybridized carbons (Fsp3) is 0.696. The van der Waals surface area contributed by atoms with Crippen molar-refractivity contribution < 1.29 is 22.7 Å². The van der Waals surface area contributed by atoms with Crippen LogP contribution in [0.3, 0.4) is 0 Å². The first-order chi connectivity index (χ1) is 14.9. The predicted molar refractivity (Wildman–Crippen MR) is 118 cm³/mol. The first-order valence-electron chi connectivity index (χ1n) is 11.4. The van der Waals surface area contributed by atoms with Crippen molar-refractivity contribution in [1.82, 2.24) is 9.62 Å². The third kappa shape index (κ3) is 5.86. The monoisotopic (exact) mass is 450 g/mol. The van der Waals surface area contributed by atoms with Gasteiger partial charge in [-0.1, -0.05) is 30.3 Å². The number of likely N-dealkylation sites (tertiary alicyclic amines) is 1. The minimum atomic E-state index is -3.37. The molecule has 0 radical (unpaired) electrons. The van der Waals surface area contributed by atoms with E-state index in [9.17, 15) is 13.2 Å². The van der Waals surface area contributed by atoms with Gasteiger partial charge in [0, 0.05) is 12.6 Å². The van der Waals surface area contributed by atoms with Crippen molar-refractivity contribution in [2.45, 2.75) is 62.6 Å². The maximum Gasteiger partial charge on any atom is 0.230 e. The summed E-state index contributed by atoms with van der Waals surface area (Å²) in [6.45, 7) is 1.92. The molecule has 3 aliphatic rings. The number of carbonyl (C=O) groups is 1. The highest BCUT2D eigenvalue weighted by molar-refractivity contribution is 7.88. The molecule has 1 aromatic rings. The number of benzene rings is 1. The number of piperidine rings is 1. The Balaban J connectivity index is 1.37. The van der Waals surface area contributed by atoms with Crippen LogP contribution in [-0.4, -0.2) is 70.0 Å². The van der Waals surface area contributed by atoms with Gasteiger partial charge in [0.05, 0.1) is 44.1 Å². The van der Waals surface area contributed by atoms with Crippen molar-refractivity contribution in [1.29, 1.82) is 0 Å². The number of nitrogens with zero attached hydrogens (tertiary/aromatic N) is 1. The molecule has 1 aliphatic carbocycles. The van der Waals surface area contributed by atoms with Crippen molar-refractivity contribution >= 4 is 15.9 Å². The Morgan fingerprint density at radius 2 is 1.84 bits per heavy atom. The van der Waals surface area contributed by atoms with Crippen LogP contribution in [0.1, 0.15) is 50.0 Å². The van der Waals surface area contributed by atoms with Gasteiger partial charge in [0.25, 0.3) is 0 Å². The minimum Gasteiger partial charge on any atom is -0.380 e. The van der Waals surface area contributed by atoms with E-state index in [1.165, 1.54) is 11.8 Å². The highest BCUT2D eigenvalue weighted by Crippen LogP contribution is 2.34. The molecule has 1 saturated carbocycles. The molecule has 1 N–H and O–H groups in total. The van der Waals surface area contributed by atoms with E-state index in [1.54, 1.807) is 0 Å². The molecule has 31 heavy (non-hydrogen) atoms. The molecule has 0 aromatic heterocycles. The highest BCUT2D eigenvalue weighted by atomic mass is 32.2. The van der Waals surface area contributed by atoms with Gasteiger partial charge in [0.15, 0.2) is 0 Å². The van der Waals surface area contributed by atoms with Crippen LogP contribution < -0.4 is 4.72 Å². The van der Waals surface area contributed by atoms with Crippen molar-refractivity contribution in [3.05, 3.63) is 35.9 Å². The fourth-order valence-corrected chi connectivity index (χ4v) is 5.91. The lowest BCUT2D eigenvalue weighted by Crippen LogP contribution is -2.61. The van der Waals surface area contributed by atoms with E-state index in [4.69, 9.17) is 9.47 Å². The smallest absolute Gasteiger partial charge is 0.230 e. The standard InChI is InChI=1S/C23H34N2O5S/c1-31(27,28)24-21-8-5-13-25(23(26)19-14-29-15-19)22(21)16-30-20-11-9-18(10-12-20)17-6-3-2-4-7-17/h2-4,6-7,18-22,24H,5,8-16H2,1H3/t18?,20?,21-,22-/m0/s1. The summed E-state index contributed by atoms with van der Waals surface area (Å²) in [7, 11) is -3.37. The summed E-state index contributed by atoms with van der Waals surface area (Å²) in [6.07, 6.45) is 6.99. The zero-order valence-electron chi connectivity index (χ0n) is 18.2. The maximum atomic E-state index is 13.0. The molecule has 2 atom stereocenters. The fourth-order valence-electron chi connectivity index (χ4n) is 5.08. The van der Waals surface area contributed by atoms with Gasteiger partial charge in [-0.05, 0) is 50.0 Å². The van der Waals surface area contributed by atoms with Gasteiger partial charge in [-0.2, -0.15) is 0 Å². The van der Waals surface area contributed by atoms with Gasteiger partial charge in [0.2, 0.25) is 15.9 Å². The van der Waals surface area contributed by atoms with Crippen molar-refractivity contribution in [3.8, 4) is 0 Å². The third-order valence-corrected chi connectivity index (χ3v) is 7.59. The van der Waals surface area contributed by atoms with E-state index in [0.29, 0.717) is 38.7 Å². The molecule has 0 bridgehead atoms. The van der Waals surface area contributed by atoms with Crippen molar-refractivity contribution in [2.75, 3.05) is 32.6 Å². The average Bonchev–Trinajstić information content (AvgIpc) is 2.71. The van der Waals surface area contributed by atoms with Gasteiger partial charge in [-0.3, -0.25) is 4.79 Å². The molecule has 1 aromatic carbocycles. The van der Waals surface area contributed by atoms with E-state index in [2.05, 4.69) is 29.0 Å². The number of nitrogens with one attached hydrogen (secondary N) is 1. The van der Waals surface area contributed by atoms with Crippen LogP contribution >= 0.6 is 0 Å². The molecular formula is C23H34N2O5S. The van der Waals surface area contributed by atoms with E-state index in [-0.39, 0.29) is 30.0 Å². The van der Waals surface area contributed by atoms with Crippen LogP contribution in [0, 0.1) is 5.92 Å². The predicted octanol–water partition coefficient (Wildman–Crippen LogP) is 2.28. The Kier molecular flexibility index (Phi) is 7.31. The molecule has 1 amide bonds. The molecule has 2 saturated heterocycles. The van der Waals surface area contributed by atoms with E-state index in [1.807, 2.05) is 11.0 Å². The average molecular weight is 451 g/mol. The van der Waals surface area contributed by atoms with Gasteiger partial charge in [0.1, 0.15) is 0 Å². The van der Waals surface area contributed by atoms with Crippen molar-refractivity contribution in [2.24, 2.45) is 5.92 Å². The quantitative estimate of drug-likeness (QED) is 0.689. The summed E-state index contributed by atoms with van der Waals surface area (Å²) in [5.74, 6) is 0.528. The van der Waals surface area contributed by atoms with Crippen LogP contribution in [0.2, 0.25) is 0 Å². The summed E-state index contributed by atoms with van der Waals surface area (Å²) in [5.41, 5.74) is 1.39. The van der Waals surface area contributed by atoms with Crippen LogP contribution in [0.5, 0.6) is 0 Å². The molecular weight excluding hydrogens is 416 g/mol. The zero-order valence-corrected chi connectivity index (χ0v) is 19.1. The van der Waals surface area contributed by atoms with E-state index < -0.39 is 10.0 Å². The molecule has 3 fully saturated rings. The number of rotatable bonds is 7. The number of hydrogen-bond donors (Lipinski definition) is 1. The molecule has 0 spiro atoms. The summed E-state index contributed by atoms with van der Waals surface area (Å²) in [4.78, 5) is 14.8. The number of ether oxygens (including phenoxy) is 2. The van der Waals surface area contributed by atoms with E-state index in [0.717, 1.165) is 32.1 Å². The second kappa shape index (κ2) is 9.98. The van der Waals surface area contributed by atoms with E-state index >= 15 is 0 Å². The summed E-state index contributed by atoms with van der Waals surface area (Å²) >= 11 is 0. The Morgan fingerprint density at radius 3 is 2.45 bits per heavy atom. The molecule has 8 heteroatoms. The summed E-state index contributed by atoms with van der Waals surface area (Å²) < 4.78 is 38.1. The Morgan fingerprint density at radius 1 is 1.13 bits per heavy atom. The van der Waals surface area contributed by atoms with Gasteiger partial charge < -0.3 is 14.4 Å². The second-order valence-corrected chi connectivity index (χ2v) is 11.0. The molecule has 7 nitrogen and oxygen atoms in total. The normalized spacial score (nSPS) is 30.0. The van der Waals surface area contributed by atoms with Crippen LogP contribution in [-0.2, 0) is 24.3 Å². The molecule has 2 heterocycles. The molecule has 172 valence electrons. The summed E-state index contributed by atoms with van der Waals surface area (Å²) in [5, 5.41) is 0. The molecule has 0 unspecified atom stereocenters.